The van der Waals surface area contributed by atoms with E-state index in [0.717, 1.165) is 60.6 Å². The van der Waals surface area contributed by atoms with Gasteiger partial charge in [-0.25, -0.2) is 9.97 Å². The first-order valence-electron chi connectivity index (χ1n) is 10.5. The topological polar surface area (TPSA) is 101 Å². The molecule has 0 atom stereocenters. The van der Waals surface area contributed by atoms with Gasteiger partial charge in [0.2, 0.25) is 5.95 Å². The average molecular weight is 403 g/mol. The zero-order valence-electron chi connectivity index (χ0n) is 16.8. The van der Waals surface area contributed by atoms with Gasteiger partial charge >= 0.3 is 0 Å². The van der Waals surface area contributed by atoms with Gasteiger partial charge in [0.25, 0.3) is 0 Å². The Morgan fingerprint density at radius 3 is 2.73 bits per heavy atom. The van der Waals surface area contributed by atoms with E-state index in [9.17, 15) is 5.21 Å². The minimum absolute atomic E-state index is 0.227. The maximum Gasteiger partial charge on any atom is 0.220 e. The Morgan fingerprint density at radius 1 is 1.07 bits per heavy atom. The molecule has 3 N–H and O–H groups in total. The van der Waals surface area contributed by atoms with E-state index in [0.29, 0.717) is 11.5 Å². The first kappa shape index (κ1) is 18.8. The van der Waals surface area contributed by atoms with Crippen molar-refractivity contribution in [3.63, 3.8) is 0 Å². The summed E-state index contributed by atoms with van der Waals surface area (Å²) in [6.07, 6.45) is 7.07. The summed E-state index contributed by atoms with van der Waals surface area (Å²) in [5, 5.41) is 12.7. The van der Waals surface area contributed by atoms with E-state index in [4.69, 9.17) is 10.2 Å². The molecule has 3 aromatic rings. The van der Waals surface area contributed by atoms with E-state index in [2.05, 4.69) is 38.2 Å². The molecule has 0 bridgehead atoms. The number of nitrogen functional groups attached to an aromatic ring is 1. The minimum atomic E-state index is 0.227. The fraction of sp³-hybridized carbons (Fsp3) is 0.348. The van der Waals surface area contributed by atoms with E-state index in [1.54, 1.807) is 6.20 Å². The van der Waals surface area contributed by atoms with Gasteiger partial charge in [-0.1, -0.05) is 29.8 Å². The summed E-state index contributed by atoms with van der Waals surface area (Å²) in [6.45, 7) is 3.00. The highest BCUT2D eigenvalue weighted by molar-refractivity contribution is 6.04. The van der Waals surface area contributed by atoms with E-state index in [1.165, 1.54) is 24.8 Å². The molecule has 2 aliphatic rings. The van der Waals surface area contributed by atoms with Crippen molar-refractivity contribution in [3.8, 4) is 22.6 Å². The van der Waals surface area contributed by atoms with Gasteiger partial charge in [0.15, 0.2) is 5.76 Å². The van der Waals surface area contributed by atoms with Crippen molar-refractivity contribution in [1.29, 1.82) is 0 Å². The third-order valence-electron chi connectivity index (χ3n) is 6.00. The molecule has 1 saturated heterocycles. The minimum Gasteiger partial charge on any atom is -0.457 e. The molecule has 3 heterocycles. The van der Waals surface area contributed by atoms with Gasteiger partial charge in [0.05, 0.1) is 12.3 Å². The lowest BCUT2D eigenvalue weighted by Crippen LogP contribution is -2.28. The fourth-order valence-electron chi connectivity index (χ4n) is 4.50. The third-order valence-corrected chi connectivity index (χ3v) is 6.00. The Morgan fingerprint density at radius 2 is 1.93 bits per heavy atom. The Bertz CT molecular complexity index is 1100. The number of benzene rings is 1. The molecule has 0 unspecified atom stereocenters. The summed E-state index contributed by atoms with van der Waals surface area (Å²) < 4.78 is 6.32. The van der Waals surface area contributed by atoms with Crippen LogP contribution in [0.15, 0.2) is 46.1 Å². The van der Waals surface area contributed by atoms with Gasteiger partial charge in [-0.3, -0.25) is 4.90 Å². The molecule has 0 saturated carbocycles. The summed E-state index contributed by atoms with van der Waals surface area (Å²) in [7, 11) is 0. The van der Waals surface area contributed by atoms with Crippen molar-refractivity contribution in [2.24, 2.45) is 5.16 Å². The van der Waals surface area contributed by atoms with Crippen LogP contribution in [0.4, 0.5) is 5.95 Å². The van der Waals surface area contributed by atoms with Crippen molar-refractivity contribution < 1.29 is 9.62 Å². The summed E-state index contributed by atoms with van der Waals surface area (Å²) >= 11 is 0. The molecule has 1 aliphatic heterocycles. The van der Waals surface area contributed by atoms with E-state index >= 15 is 0 Å². The zero-order chi connectivity index (χ0) is 20.5. The number of fused-ring (bicyclic) bond motifs is 1. The lowest BCUT2D eigenvalue weighted by Gasteiger charge is -2.25. The summed E-state index contributed by atoms with van der Waals surface area (Å²) in [6, 6.07) is 10.2. The second-order valence-electron chi connectivity index (χ2n) is 8.01. The van der Waals surface area contributed by atoms with Gasteiger partial charge in [0, 0.05) is 17.3 Å². The van der Waals surface area contributed by atoms with Crippen molar-refractivity contribution in [1.82, 2.24) is 14.9 Å². The van der Waals surface area contributed by atoms with Gasteiger partial charge in [-0.2, -0.15) is 0 Å². The predicted molar refractivity (Wildman–Crippen MR) is 115 cm³/mol. The molecule has 0 radical (unpaired) electrons. The van der Waals surface area contributed by atoms with E-state index < -0.39 is 0 Å². The standard InChI is InChI=1S/C23H25N5O2/c24-23-25-9-8-21(26-23)22-19(13-17(30-22)14-28-10-2-1-3-11-28)16-4-6-18-15(12-16)5-7-20(18)27-29/h4,6,8-9,12-13,29H,1-3,5,7,10-11,14H2,(H2,24,25,26)/b27-20+. The molecule has 0 amide bonds. The Hall–Kier alpha value is -3.19. The van der Waals surface area contributed by atoms with Gasteiger partial charge in [-0.15, -0.1) is 0 Å². The van der Waals surface area contributed by atoms with Crippen LogP contribution in [0.5, 0.6) is 0 Å². The lowest BCUT2D eigenvalue weighted by atomic mass is 9.99. The highest BCUT2D eigenvalue weighted by atomic mass is 16.4. The average Bonchev–Trinajstić information content (AvgIpc) is 3.38. The molecule has 5 rings (SSSR count). The summed E-state index contributed by atoms with van der Waals surface area (Å²) in [4.78, 5) is 10.8. The highest BCUT2D eigenvalue weighted by Gasteiger charge is 2.22. The zero-order valence-corrected chi connectivity index (χ0v) is 16.8. The van der Waals surface area contributed by atoms with Crippen LogP contribution in [-0.2, 0) is 13.0 Å². The molecular formula is C23H25N5O2. The van der Waals surface area contributed by atoms with Crippen molar-refractivity contribution in [3.05, 3.63) is 53.4 Å². The van der Waals surface area contributed by atoms with Gasteiger partial charge < -0.3 is 15.4 Å². The van der Waals surface area contributed by atoms with Crippen LogP contribution in [0.2, 0.25) is 0 Å². The molecule has 2 aromatic heterocycles. The largest absolute Gasteiger partial charge is 0.457 e. The van der Waals surface area contributed by atoms with Crippen LogP contribution in [0.3, 0.4) is 0 Å². The number of aromatic nitrogens is 2. The molecule has 7 heteroatoms. The highest BCUT2D eigenvalue weighted by Crippen LogP contribution is 2.37. The predicted octanol–water partition coefficient (Wildman–Crippen LogP) is 4.10. The Kier molecular flexibility index (Phi) is 4.96. The first-order chi connectivity index (χ1) is 14.7. The van der Waals surface area contributed by atoms with Crippen molar-refractivity contribution in [2.45, 2.75) is 38.6 Å². The quantitative estimate of drug-likeness (QED) is 0.502. The number of hydrogen-bond donors (Lipinski definition) is 2. The molecule has 7 nitrogen and oxygen atoms in total. The van der Waals surface area contributed by atoms with Gasteiger partial charge in [-0.05, 0) is 62.0 Å². The third kappa shape index (κ3) is 3.57. The van der Waals surface area contributed by atoms with Crippen LogP contribution >= 0.6 is 0 Å². The SMILES string of the molecule is Nc1nccc(-c2oc(CN3CCCCC3)cc2-c2ccc3c(c2)CC/C3=N\O)n1. The Labute approximate surface area is 175 Å². The van der Waals surface area contributed by atoms with Crippen LogP contribution in [0.1, 0.15) is 42.6 Å². The number of piperidine rings is 1. The number of oxime groups is 1. The number of aryl methyl sites for hydroxylation is 1. The van der Waals surface area contributed by atoms with Gasteiger partial charge in [0.1, 0.15) is 11.5 Å². The maximum atomic E-state index is 9.22. The molecule has 1 aromatic carbocycles. The number of hydrogen-bond acceptors (Lipinski definition) is 7. The number of anilines is 1. The molecular weight excluding hydrogens is 378 g/mol. The maximum absolute atomic E-state index is 9.22. The monoisotopic (exact) mass is 403 g/mol. The molecule has 0 spiro atoms. The molecule has 154 valence electrons. The van der Waals surface area contributed by atoms with Crippen LogP contribution in [0.25, 0.3) is 22.6 Å². The molecule has 1 aliphatic carbocycles. The van der Waals surface area contributed by atoms with E-state index in [-0.39, 0.29) is 5.95 Å². The number of nitrogens with zero attached hydrogens (tertiary/aromatic N) is 4. The lowest BCUT2D eigenvalue weighted by molar-refractivity contribution is 0.206. The Balaban J connectivity index is 1.56. The van der Waals surface area contributed by atoms with Crippen LogP contribution in [-0.4, -0.2) is 38.9 Å². The fourth-order valence-corrected chi connectivity index (χ4v) is 4.50. The number of rotatable bonds is 4. The summed E-state index contributed by atoms with van der Waals surface area (Å²) in [5.74, 6) is 1.87. The number of nitrogens with two attached hydrogens (primary N) is 1. The number of likely N-dealkylation sites (tertiary alicyclic amines) is 1. The van der Waals surface area contributed by atoms with Crippen LogP contribution < -0.4 is 5.73 Å². The second kappa shape index (κ2) is 7.91. The second-order valence-corrected chi connectivity index (χ2v) is 8.01. The van der Waals surface area contributed by atoms with E-state index in [1.807, 2.05) is 12.1 Å². The van der Waals surface area contributed by atoms with Crippen molar-refractivity contribution in [2.75, 3.05) is 18.8 Å². The summed E-state index contributed by atoms with van der Waals surface area (Å²) in [5.41, 5.74) is 11.5. The normalized spacial score (nSPS) is 18.1. The van der Waals surface area contributed by atoms with Crippen LogP contribution in [0, 0.1) is 0 Å². The smallest absolute Gasteiger partial charge is 0.220 e. The molecule has 30 heavy (non-hydrogen) atoms. The van der Waals surface area contributed by atoms with Crippen molar-refractivity contribution >= 4 is 11.7 Å². The first-order valence-corrected chi connectivity index (χ1v) is 10.5. The number of furan rings is 1. The molecule has 1 fully saturated rings.